The van der Waals surface area contributed by atoms with Gasteiger partial charge in [0.25, 0.3) is 0 Å². The van der Waals surface area contributed by atoms with Crippen molar-refractivity contribution >= 4 is 0 Å². The van der Waals surface area contributed by atoms with Gasteiger partial charge in [-0.25, -0.2) is 0 Å². The molecule has 1 nitrogen and oxygen atoms in total. The molecule has 86 valence electrons. The molecule has 0 fully saturated rings. The third kappa shape index (κ3) is 10.0. The standard InChI is InChI=1S/C13H29N/c1-3-5-7-8-9-10-12-13(14)11-6-4-2/h13H,3-12,14H2,1-2H3. The van der Waals surface area contributed by atoms with Crippen LogP contribution < -0.4 is 5.73 Å². The Kier molecular flexibility index (Phi) is 11.0. The fourth-order valence-electron chi connectivity index (χ4n) is 1.80. The van der Waals surface area contributed by atoms with Gasteiger partial charge in [0.2, 0.25) is 0 Å². The van der Waals surface area contributed by atoms with Gasteiger partial charge in [-0.05, 0) is 12.8 Å². The van der Waals surface area contributed by atoms with Gasteiger partial charge >= 0.3 is 0 Å². The summed E-state index contributed by atoms with van der Waals surface area (Å²) in [5, 5.41) is 0. The summed E-state index contributed by atoms with van der Waals surface area (Å²) in [6.07, 6.45) is 13.4. The summed E-state index contributed by atoms with van der Waals surface area (Å²) in [7, 11) is 0. The molecule has 0 aromatic heterocycles. The number of nitrogens with two attached hydrogens (primary N) is 1. The van der Waals surface area contributed by atoms with Crippen molar-refractivity contribution in [3.05, 3.63) is 0 Å². The second-order valence-electron chi connectivity index (χ2n) is 4.46. The van der Waals surface area contributed by atoms with Crippen LogP contribution in [0.4, 0.5) is 0 Å². The van der Waals surface area contributed by atoms with Gasteiger partial charge in [0, 0.05) is 6.04 Å². The van der Waals surface area contributed by atoms with Gasteiger partial charge in [0.1, 0.15) is 0 Å². The lowest BCUT2D eigenvalue weighted by molar-refractivity contribution is 0.498. The Balaban J connectivity index is 3.02. The first kappa shape index (κ1) is 14.0. The van der Waals surface area contributed by atoms with Crippen LogP contribution in [0.3, 0.4) is 0 Å². The Morgan fingerprint density at radius 2 is 1.21 bits per heavy atom. The highest BCUT2D eigenvalue weighted by Gasteiger charge is 2.00. The molecule has 0 heterocycles. The second-order valence-corrected chi connectivity index (χ2v) is 4.46. The number of rotatable bonds is 10. The highest BCUT2D eigenvalue weighted by Crippen LogP contribution is 2.10. The van der Waals surface area contributed by atoms with Crippen molar-refractivity contribution in [1.29, 1.82) is 0 Å². The molecule has 0 saturated carbocycles. The van der Waals surface area contributed by atoms with E-state index in [0.717, 1.165) is 0 Å². The van der Waals surface area contributed by atoms with Crippen LogP contribution in [-0.2, 0) is 0 Å². The molecule has 1 atom stereocenters. The van der Waals surface area contributed by atoms with Crippen LogP contribution in [0.2, 0.25) is 0 Å². The molecule has 0 aliphatic rings. The van der Waals surface area contributed by atoms with Crippen molar-refractivity contribution in [2.45, 2.75) is 84.1 Å². The van der Waals surface area contributed by atoms with Crippen LogP contribution in [0.15, 0.2) is 0 Å². The maximum atomic E-state index is 6.00. The minimum Gasteiger partial charge on any atom is -0.328 e. The molecule has 0 aromatic rings. The summed E-state index contributed by atoms with van der Waals surface area (Å²) < 4.78 is 0. The first-order valence-electron chi connectivity index (χ1n) is 6.56. The summed E-state index contributed by atoms with van der Waals surface area (Å²) in [5.74, 6) is 0. The minimum atomic E-state index is 0.473. The number of hydrogen-bond acceptors (Lipinski definition) is 1. The largest absolute Gasteiger partial charge is 0.328 e. The summed E-state index contributed by atoms with van der Waals surface area (Å²) in [6, 6.07) is 0.473. The van der Waals surface area contributed by atoms with Gasteiger partial charge in [0.05, 0.1) is 0 Å². The van der Waals surface area contributed by atoms with E-state index in [-0.39, 0.29) is 0 Å². The first-order chi connectivity index (χ1) is 6.81. The Bertz CT molecular complexity index is 101. The predicted molar refractivity (Wildman–Crippen MR) is 65.5 cm³/mol. The van der Waals surface area contributed by atoms with E-state index in [2.05, 4.69) is 13.8 Å². The highest BCUT2D eigenvalue weighted by molar-refractivity contribution is 4.60. The van der Waals surface area contributed by atoms with Crippen LogP contribution in [-0.4, -0.2) is 6.04 Å². The summed E-state index contributed by atoms with van der Waals surface area (Å²) in [6.45, 7) is 4.50. The molecule has 2 N–H and O–H groups in total. The molecule has 0 radical (unpaired) electrons. The van der Waals surface area contributed by atoms with E-state index in [1.54, 1.807) is 0 Å². The molecule has 0 aromatic carbocycles. The SMILES string of the molecule is CCCCCCCCC(N)CCCC. The predicted octanol–water partition coefficient (Wildman–Crippen LogP) is 4.25. The zero-order valence-corrected chi connectivity index (χ0v) is 10.2. The Morgan fingerprint density at radius 1 is 0.714 bits per heavy atom. The molecule has 0 aliphatic heterocycles. The van der Waals surface area contributed by atoms with Crippen LogP contribution >= 0.6 is 0 Å². The summed E-state index contributed by atoms with van der Waals surface area (Å²) in [5.41, 5.74) is 6.00. The molecule has 0 saturated heterocycles. The zero-order chi connectivity index (χ0) is 10.6. The first-order valence-corrected chi connectivity index (χ1v) is 6.56. The lowest BCUT2D eigenvalue weighted by Crippen LogP contribution is -2.19. The quantitative estimate of drug-likeness (QED) is 0.523. The van der Waals surface area contributed by atoms with E-state index in [4.69, 9.17) is 5.73 Å². The van der Waals surface area contributed by atoms with Crippen molar-refractivity contribution in [2.75, 3.05) is 0 Å². The van der Waals surface area contributed by atoms with Crippen LogP contribution in [0.5, 0.6) is 0 Å². The Hall–Kier alpha value is -0.0400. The van der Waals surface area contributed by atoms with Crippen LogP contribution in [0.1, 0.15) is 78.1 Å². The van der Waals surface area contributed by atoms with Crippen molar-refractivity contribution in [3.8, 4) is 0 Å². The van der Waals surface area contributed by atoms with E-state index >= 15 is 0 Å². The van der Waals surface area contributed by atoms with E-state index in [1.807, 2.05) is 0 Å². The maximum absolute atomic E-state index is 6.00. The van der Waals surface area contributed by atoms with Gasteiger partial charge in [-0.2, -0.15) is 0 Å². The molecule has 14 heavy (non-hydrogen) atoms. The fourth-order valence-corrected chi connectivity index (χ4v) is 1.80. The van der Waals surface area contributed by atoms with Crippen molar-refractivity contribution < 1.29 is 0 Å². The van der Waals surface area contributed by atoms with E-state index in [0.29, 0.717) is 6.04 Å². The topological polar surface area (TPSA) is 26.0 Å². The molecule has 1 unspecified atom stereocenters. The summed E-state index contributed by atoms with van der Waals surface area (Å²) in [4.78, 5) is 0. The van der Waals surface area contributed by atoms with E-state index in [9.17, 15) is 0 Å². The fraction of sp³-hybridized carbons (Fsp3) is 1.00. The third-order valence-corrected chi connectivity index (χ3v) is 2.86. The van der Waals surface area contributed by atoms with Gasteiger partial charge in [0.15, 0.2) is 0 Å². The molecule has 0 amide bonds. The third-order valence-electron chi connectivity index (χ3n) is 2.86. The molecule has 0 bridgehead atoms. The average molecular weight is 199 g/mol. The van der Waals surface area contributed by atoms with Crippen molar-refractivity contribution in [1.82, 2.24) is 0 Å². The average Bonchev–Trinajstić information content (AvgIpc) is 2.20. The van der Waals surface area contributed by atoms with Gasteiger partial charge in [-0.1, -0.05) is 65.2 Å². The van der Waals surface area contributed by atoms with Crippen LogP contribution in [0, 0.1) is 0 Å². The highest BCUT2D eigenvalue weighted by atomic mass is 14.6. The van der Waals surface area contributed by atoms with Gasteiger partial charge < -0.3 is 5.73 Å². The van der Waals surface area contributed by atoms with Gasteiger partial charge in [-0.3, -0.25) is 0 Å². The zero-order valence-electron chi connectivity index (χ0n) is 10.2. The van der Waals surface area contributed by atoms with Gasteiger partial charge in [-0.15, -0.1) is 0 Å². The normalized spacial score (nSPS) is 13.1. The van der Waals surface area contributed by atoms with E-state index in [1.165, 1.54) is 64.2 Å². The smallest absolute Gasteiger partial charge is 0.00388 e. The monoisotopic (exact) mass is 199 g/mol. The molecule has 1 heteroatoms. The molecular weight excluding hydrogens is 170 g/mol. The molecule has 0 rings (SSSR count). The Morgan fingerprint density at radius 3 is 1.86 bits per heavy atom. The van der Waals surface area contributed by atoms with Crippen molar-refractivity contribution in [2.24, 2.45) is 5.73 Å². The number of hydrogen-bond donors (Lipinski definition) is 1. The van der Waals surface area contributed by atoms with Crippen molar-refractivity contribution in [3.63, 3.8) is 0 Å². The molecule has 0 aliphatic carbocycles. The second kappa shape index (κ2) is 11.0. The minimum absolute atomic E-state index is 0.473. The van der Waals surface area contributed by atoms with E-state index < -0.39 is 0 Å². The molecular formula is C13H29N. The summed E-state index contributed by atoms with van der Waals surface area (Å²) >= 11 is 0. The van der Waals surface area contributed by atoms with Crippen LogP contribution in [0.25, 0.3) is 0 Å². The lowest BCUT2D eigenvalue weighted by Gasteiger charge is -2.10. The number of unbranched alkanes of at least 4 members (excludes halogenated alkanes) is 6. The molecule has 0 spiro atoms. The Labute approximate surface area is 90.5 Å². The maximum Gasteiger partial charge on any atom is 0.00388 e. The lowest BCUT2D eigenvalue weighted by atomic mass is 10.0.